The maximum absolute atomic E-state index is 13.0. The van der Waals surface area contributed by atoms with E-state index in [1.807, 2.05) is 9.58 Å². The molecule has 0 aromatic carbocycles. The fraction of sp³-hybridized carbons (Fsp3) is 0.765. The molecule has 0 aliphatic carbocycles. The largest absolute Gasteiger partial charge is 0.335 e. The molecule has 0 N–H and O–H groups in total. The van der Waals surface area contributed by atoms with Gasteiger partial charge < -0.3 is 9.80 Å². The van der Waals surface area contributed by atoms with Crippen LogP contribution in [0.3, 0.4) is 0 Å². The molecule has 1 unspecified atom stereocenters. The van der Waals surface area contributed by atoms with Gasteiger partial charge in [0.05, 0.1) is 10.7 Å². The second-order valence-electron chi connectivity index (χ2n) is 7.65. The van der Waals surface area contributed by atoms with Crippen LogP contribution in [0, 0.1) is 0 Å². The van der Waals surface area contributed by atoms with Crippen molar-refractivity contribution in [2.75, 3.05) is 40.3 Å². The van der Waals surface area contributed by atoms with Gasteiger partial charge in [-0.15, -0.1) is 0 Å². The Morgan fingerprint density at radius 2 is 1.96 bits per heavy atom. The minimum Gasteiger partial charge on any atom is -0.335 e. The van der Waals surface area contributed by atoms with Crippen LogP contribution in [0.4, 0.5) is 0 Å². The molecule has 0 radical (unpaired) electrons. The van der Waals surface area contributed by atoms with Crippen LogP contribution in [-0.2, 0) is 13.1 Å². The number of likely N-dealkylation sites (N-methyl/N-ethyl adjacent to an activating group) is 1. The Bertz CT molecular complexity index is 660. The van der Waals surface area contributed by atoms with E-state index in [0.29, 0.717) is 10.7 Å². The number of aromatic nitrogens is 2. The van der Waals surface area contributed by atoms with Gasteiger partial charge in [-0.05, 0) is 46.3 Å². The van der Waals surface area contributed by atoms with Crippen molar-refractivity contribution in [1.82, 2.24) is 24.5 Å². The minimum absolute atomic E-state index is 0.000372. The van der Waals surface area contributed by atoms with Gasteiger partial charge in [-0.25, -0.2) is 0 Å². The quantitative estimate of drug-likeness (QED) is 0.772. The zero-order chi connectivity index (χ0) is 16.9. The Kier molecular flexibility index (Phi) is 4.09. The van der Waals surface area contributed by atoms with E-state index in [9.17, 15) is 4.79 Å². The number of carbonyl (C=O) groups excluding carboxylic acids is 1. The minimum atomic E-state index is 0.000372. The molecule has 24 heavy (non-hydrogen) atoms. The van der Waals surface area contributed by atoms with Crippen molar-refractivity contribution in [2.24, 2.45) is 0 Å². The summed E-state index contributed by atoms with van der Waals surface area (Å²) in [6.45, 7) is 5.37. The molecule has 4 heterocycles. The zero-order valence-corrected chi connectivity index (χ0v) is 15.3. The first-order valence-corrected chi connectivity index (χ1v) is 9.32. The van der Waals surface area contributed by atoms with Gasteiger partial charge in [-0.1, -0.05) is 11.6 Å². The molecule has 1 atom stereocenters. The molecule has 1 aromatic heterocycles. The monoisotopic (exact) mass is 351 g/mol. The lowest BCUT2D eigenvalue weighted by Gasteiger charge is -2.31. The van der Waals surface area contributed by atoms with Crippen LogP contribution in [0.1, 0.15) is 41.9 Å². The lowest BCUT2D eigenvalue weighted by Crippen LogP contribution is -2.44. The average Bonchev–Trinajstić information content (AvgIpc) is 3.18. The van der Waals surface area contributed by atoms with E-state index in [0.717, 1.165) is 57.8 Å². The summed E-state index contributed by atoms with van der Waals surface area (Å²) in [4.78, 5) is 19.7. The molecule has 0 bridgehead atoms. The maximum Gasteiger partial charge on any atom is 0.275 e. The van der Waals surface area contributed by atoms with Crippen LogP contribution in [-0.4, -0.2) is 76.2 Å². The van der Waals surface area contributed by atoms with Crippen molar-refractivity contribution in [1.29, 1.82) is 0 Å². The maximum atomic E-state index is 13.0. The molecule has 3 aliphatic rings. The molecule has 6 nitrogen and oxygen atoms in total. The number of hydrogen-bond acceptors (Lipinski definition) is 4. The highest BCUT2D eigenvalue weighted by molar-refractivity contribution is 6.34. The number of carbonyl (C=O) groups is 1. The Morgan fingerprint density at radius 1 is 1.12 bits per heavy atom. The fourth-order valence-electron chi connectivity index (χ4n) is 4.54. The van der Waals surface area contributed by atoms with Gasteiger partial charge >= 0.3 is 0 Å². The van der Waals surface area contributed by atoms with Crippen molar-refractivity contribution in [3.63, 3.8) is 0 Å². The van der Waals surface area contributed by atoms with Crippen LogP contribution >= 0.6 is 11.6 Å². The van der Waals surface area contributed by atoms with E-state index >= 15 is 0 Å². The molecule has 1 aromatic rings. The topological polar surface area (TPSA) is 44.6 Å². The van der Waals surface area contributed by atoms with E-state index in [-0.39, 0.29) is 11.4 Å². The van der Waals surface area contributed by atoms with Crippen LogP contribution in [0.25, 0.3) is 0 Å². The zero-order valence-electron chi connectivity index (χ0n) is 14.6. The molecule has 3 aliphatic heterocycles. The van der Waals surface area contributed by atoms with E-state index in [4.69, 9.17) is 11.6 Å². The van der Waals surface area contributed by atoms with Gasteiger partial charge in [0, 0.05) is 38.3 Å². The van der Waals surface area contributed by atoms with Gasteiger partial charge in [0.1, 0.15) is 0 Å². The van der Waals surface area contributed by atoms with Crippen LogP contribution in [0.15, 0.2) is 0 Å². The third-order valence-corrected chi connectivity index (χ3v) is 6.49. The number of halogens is 1. The lowest BCUT2D eigenvalue weighted by molar-refractivity contribution is 0.0753. The van der Waals surface area contributed by atoms with Gasteiger partial charge in [0.2, 0.25) is 0 Å². The standard InChI is InChI=1S/C17H26ClN5O/c1-20-7-4-9-23-13(11-20)14(18)15(19-23)16(24)22-10-6-17(12-22)5-3-8-21(17)2/h3-12H2,1-2H3. The molecule has 1 spiro atoms. The predicted octanol–water partition coefficient (Wildman–Crippen LogP) is 1.68. The lowest BCUT2D eigenvalue weighted by atomic mass is 9.96. The smallest absolute Gasteiger partial charge is 0.275 e. The van der Waals surface area contributed by atoms with E-state index in [1.54, 1.807) is 0 Å². The SMILES string of the molecule is CN1CCCn2nc(C(=O)N3CCC4(CCCN4C)C3)c(Cl)c2C1. The molecule has 2 fully saturated rings. The first kappa shape index (κ1) is 16.4. The van der Waals surface area contributed by atoms with Gasteiger partial charge in [0.15, 0.2) is 5.69 Å². The van der Waals surface area contributed by atoms with Crippen molar-refractivity contribution >= 4 is 17.5 Å². The number of likely N-dealkylation sites (tertiary alicyclic amines) is 2. The van der Waals surface area contributed by atoms with Crippen molar-refractivity contribution in [3.8, 4) is 0 Å². The second kappa shape index (κ2) is 6.00. The second-order valence-corrected chi connectivity index (χ2v) is 8.03. The Hall–Kier alpha value is -1.11. The van der Waals surface area contributed by atoms with E-state index in [2.05, 4.69) is 29.0 Å². The molecular formula is C17H26ClN5O. The Balaban J connectivity index is 1.57. The summed E-state index contributed by atoms with van der Waals surface area (Å²) < 4.78 is 1.94. The molecule has 7 heteroatoms. The Labute approximate surface area is 148 Å². The first-order valence-electron chi connectivity index (χ1n) is 8.94. The van der Waals surface area contributed by atoms with Crippen LogP contribution < -0.4 is 0 Å². The summed E-state index contributed by atoms with van der Waals surface area (Å²) in [6.07, 6.45) is 4.51. The van der Waals surface area contributed by atoms with Crippen molar-refractivity contribution in [3.05, 3.63) is 16.4 Å². The van der Waals surface area contributed by atoms with E-state index in [1.165, 1.54) is 12.8 Å². The summed E-state index contributed by atoms with van der Waals surface area (Å²) in [5.41, 5.74) is 1.60. The fourth-order valence-corrected chi connectivity index (χ4v) is 4.82. The number of hydrogen-bond donors (Lipinski definition) is 0. The third kappa shape index (κ3) is 2.55. The summed E-state index contributed by atoms with van der Waals surface area (Å²) >= 11 is 6.57. The van der Waals surface area contributed by atoms with Crippen LogP contribution in [0.5, 0.6) is 0 Å². The highest BCUT2D eigenvalue weighted by Gasteiger charge is 2.46. The number of rotatable bonds is 1. The van der Waals surface area contributed by atoms with Crippen molar-refractivity contribution in [2.45, 2.75) is 44.3 Å². The number of fused-ring (bicyclic) bond motifs is 1. The van der Waals surface area contributed by atoms with E-state index < -0.39 is 0 Å². The molecule has 2 saturated heterocycles. The number of aryl methyl sites for hydroxylation is 1. The van der Waals surface area contributed by atoms with Gasteiger partial charge in [-0.2, -0.15) is 5.10 Å². The molecule has 0 saturated carbocycles. The summed E-state index contributed by atoms with van der Waals surface area (Å²) in [7, 11) is 4.27. The molecular weight excluding hydrogens is 326 g/mol. The van der Waals surface area contributed by atoms with Crippen LogP contribution in [0.2, 0.25) is 5.02 Å². The summed E-state index contributed by atoms with van der Waals surface area (Å²) in [5, 5.41) is 5.13. The number of nitrogens with zero attached hydrogens (tertiary/aromatic N) is 5. The predicted molar refractivity (Wildman–Crippen MR) is 93.3 cm³/mol. The average molecular weight is 352 g/mol. The molecule has 1 amide bonds. The first-order chi connectivity index (χ1) is 11.5. The summed E-state index contributed by atoms with van der Waals surface area (Å²) in [6, 6.07) is 0. The number of amides is 1. The van der Waals surface area contributed by atoms with Gasteiger partial charge in [-0.3, -0.25) is 14.4 Å². The normalized spacial score (nSPS) is 28.5. The third-order valence-electron chi connectivity index (χ3n) is 6.09. The van der Waals surface area contributed by atoms with Crippen molar-refractivity contribution < 1.29 is 4.79 Å². The van der Waals surface area contributed by atoms with Gasteiger partial charge in [0.25, 0.3) is 5.91 Å². The molecule has 4 rings (SSSR count). The molecule has 132 valence electrons. The highest BCUT2D eigenvalue weighted by atomic mass is 35.5. The highest BCUT2D eigenvalue weighted by Crippen LogP contribution is 2.37. The summed E-state index contributed by atoms with van der Waals surface area (Å²) in [5.74, 6) is 0.000372. The Morgan fingerprint density at radius 3 is 2.71 bits per heavy atom.